The molecule has 1 rings (SSSR count). The topological polar surface area (TPSA) is 52.6 Å². The van der Waals surface area contributed by atoms with Gasteiger partial charge in [-0.15, -0.1) is 0 Å². The summed E-state index contributed by atoms with van der Waals surface area (Å²) in [6.07, 6.45) is 4.42. The molecule has 1 aliphatic rings. The van der Waals surface area contributed by atoms with Crippen LogP contribution in [0.4, 0.5) is 0 Å². The highest BCUT2D eigenvalue weighted by molar-refractivity contribution is 5.75. The molecule has 0 atom stereocenters. The molecule has 0 aromatic rings. The number of hydrogen-bond donors (Lipinski definition) is 0. The van der Waals surface area contributed by atoms with Gasteiger partial charge in [0.25, 0.3) is 0 Å². The summed E-state index contributed by atoms with van der Waals surface area (Å²) in [6.45, 7) is 20.9. The van der Waals surface area contributed by atoms with Crippen LogP contribution in [0.25, 0.3) is 0 Å². The molecule has 0 saturated heterocycles. The van der Waals surface area contributed by atoms with E-state index in [-0.39, 0.29) is 34.6 Å². The van der Waals surface area contributed by atoms with Gasteiger partial charge >= 0.3 is 11.9 Å². The molecular weight excluding hydrogens is 352 g/mol. The Balaban J connectivity index is 2.54. The molecule has 0 N–H and O–H groups in total. The van der Waals surface area contributed by atoms with Crippen molar-refractivity contribution in [2.45, 2.75) is 119 Å². The van der Waals surface area contributed by atoms with Crippen molar-refractivity contribution < 1.29 is 19.1 Å². The Labute approximate surface area is 173 Å². The van der Waals surface area contributed by atoms with Crippen molar-refractivity contribution in [3.8, 4) is 0 Å². The molecule has 1 fully saturated rings. The van der Waals surface area contributed by atoms with Crippen molar-refractivity contribution in [3.63, 3.8) is 0 Å². The fourth-order valence-electron chi connectivity index (χ4n) is 4.90. The predicted molar refractivity (Wildman–Crippen MR) is 114 cm³/mol. The second-order valence-corrected chi connectivity index (χ2v) is 12.4. The van der Waals surface area contributed by atoms with Crippen molar-refractivity contribution in [3.05, 3.63) is 0 Å². The third kappa shape index (κ3) is 9.43. The highest BCUT2D eigenvalue weighted by Gasteiger charge is 2.37. The van der Waals surface area contributed by atoms with Crippen LogP contribution in [-0.4, -0.2) is 23.1 Å². The first-order valence-corrected chi connectivity index (χ1v) is 10.8. The molecule has 164 valence electrons. The molecule has 0 heterocycles. The lowest BCUT2D eigenvalue weighted by Gasteiger charge is -2.36. The van der Waals surface area contributed by atoms with Crippen LogP contribution in [0.5, 0.6) is 0 Å². The van der Waals surface area contributed by atoms with E-state index in [1.165, 1.54) is 0 Å². The van der Waals surface area contributed by atoms with Gasteiger partial charge in [0.05, 0.1) is 11.8 Å². The third-order valence-corrected chi connectivity index (χ3v) is 5.06. The van der Waals surface area contributed by atoms with E-state index in [2.05, 4.69) is 41.5 Å². The second-order valence-electron chi connectivity index (χ2n) is 12.4. The van der Waals surface area contributed by atoms with E-state index in [0.717, 1.165) is 12.8 Å². The largest absolute Gasteiger partial charge is 0.459 e. The minimum Gasteiger partial charge on any atom is -0.459 e. The smallest absolute Gasteiger partial charge is 0.309 e. The lowest BCUT2D eigenvalue weighted by Crippen LogP contribution is -2.38. The van der Waals surface area contributed by atoms with Gasteiger partial charge < -0.3 is 9.47 Å². The molecule has 0 aromatic heterocycles. The van der Waals surface area contributed by atoms with Crippen molar-refractivity contribution in [1.82, 2.24) is 0 Å². The average Bonchev–Trinajstić information content (AvgIpc) is 2.40. The number of carbonyl (C=O) groups is 2. The summed E-state index contributed by atoms with van der Waals surface area (Å²) in [7, 11) is 0. The summed E-state index contributed by atoms with van der Waals surface area (Å²) in [6, 6.07) is 0. The number of hydrogen-bond acceptors (Lipinski definition) is 4. The molecule has 0 amide bonds. The molecule has 0 aromatic carbocycles. The summed E-state index contributed by atoms with van der Waals surface area (Å²) in [5.41, 5.74) is -0.736. The molecule has 0 unspecified atom stereocenters. The SMILES string of the molecule is CC(C)(C)CC(C)(C)OC(=O)C1CCC(C(=O)OC(C)(C)CC(C)(C)C)CC1. The van der Waals surface area contributed by atoms with E-state index in [1.807, 2.05) is 27.7 Å². The standard InChI is InChI=1S/C24H44O4/c1-21(2,3)15-23(7,8)27-19(25)17-11-13-18(14-12-17)20(26)28-24(9,10)16-22(4,5)6/h17-18H,11-16H2,1-10H3. The Kier molecular flexibility index (Phi) is 7.81. The summed E-state index contributed by atoms with van der Waals surface area (Å²) >= 11 is 0. The Hall–Kier alpha value is -1.06. The monoisotopic (exact) mass is 396 g/mol. The molecule has 4 nitrogen and oxygen atoms in total. The first-order valence-electron chi connectivity index (χ1n) is 10.8. The van der Waals surface area contributed by atoms with E-state index in [4.69, 9.17) is 9.47 Å². The van der Waals surface area contributed by atoms with E-state index < -0.39 is 11.2 Å². The van der Waals surface area contributed by atoms with Crippen molar-refractivity contribution >= 4 is 11.9 Å². The van der Waals surface area contributed by atoms with Crippen LogP contribution < -0.4 is 0 Å². The van der Waals surface area contributed by atoms with Crippen LogP contribution in [0.3, 0.4) is 0 Å². The molecule has 4 heteroatoms. The lowest BCUT2D eigenvalue weighted by atomic mass is 9.80. The Bertz CT molecular complexity index is 488. The van der Waals surface area contributed by atoms with Crippen molar-refractivity contribution in [1.29, 1.82) is 0 Å². The van der Waals surface area contributed by atoms with Crippen molar-refractivity contribution in [2.75, 3.05) is 0 Å². The zero-order valence-corrected chi connectivity index (χ0v) is 20.0. The van der Waals surface area contributed by atoms with Gasteiger partial charge in [-0.2, -0.15) is 0 Å². The fraction of sp³-hybridized carbons (Fsp3) is 0.917. The van der Waals surface area contributed by atoms with Crippen LogP contribution in [0.1, 0.15) is 108 Å². The zero-order chi connectivity index (χ0) is 22.0. The molecule has 1 saturated carbocycles. The normalized spacial score (nSPS) is 21.9. The van der Waals surface area contributed by atoms with E-state index >= 15 is 0 Å². The minimum absolute atomic E-state index is 0.102. The van der Waals surface area contributed by atoms with Gasteiger partial charge in [0.1, 0.15) is 11.2 Å². The molecule has 0 radical (unpaired) electrons. The molecule has 28 heavy (non-hydrogen) atoms. The summed E-state index contributed by atoms with van der Waals surface area (Å²) in [5.74, 6) is -0.444. The molecular formula is C24H44O4. The first-order chi connectivity index (χ1) is 12.4. The lowest BCUT2D eigenvalue weighted by molar-refractivity contribution is -0.171. The first kappa shape index (κ1) is 25.0. The molecule has 0 aliphatic heterocycles. The summed E-state index contributed by atoms with van der Waals surface area (Å²) in [5, 5.41) is 0. The quantitative estimate of drug-likeness (QED) is 0.494. The van der Waals surface area contributed by atoms with Crippen LogP contribution in [0.15, 0.2) is 0 Å². The highest BCUT2D eigenvalue weighted by atomic mass is 16.6. The molecule has 1 aliphatic carbocycles. The van der Waals surface area contributed by atoms with Gasteiger partial charge in [0.15, 0.2) is 0 Å². The van der Waals surface area contributed by atoms with Gasteiger partial charge in [-0.3, -0.25) is 9.59 Å². The Morgan fingerprint density at radius 2 is 0.857 bits per heavy atom. The van der Waals surface area contributed by atoms with Crippen LogP contribution in [-0.2, 0) is 19.1 Å². The summed E-state index contributed by atoms with van der Waals surface area (Å²) < 4.78 is 11.7. The van der Waals surface area contributed by atoms with Gasteiger partial charge in [0.2, 0.25) is 0 Å². The Morgan fingerprint density at radius 1 is 0.607 bits per heavy atom. The average molecular weight is 397 g/mol. The highest BCUT2D eigenvalue weighted by Crippen LogP contribution is 2.36. The zero-order valence-electron chi connectivity index (χ0n) is 20.0. The van der Waals surface area contributed by atoms with Crippen LogP contribution >= 0.6 is 0 Å². The third-order valence-electron chi connectivity index (χ3n) is 5.06. The van der Waals surface area contributed by atoms with Crippen molar-refractivity contribution in [2.24, 2.45) is 22.7 Å². The number of rotatable bonds is 6. The van der Waals surface area contributed by atoms with Crippen LogP contribution in [0, 0.1) is 22.7 Å². The minimum atomic E-state index is -0.470. The van der Waals surface area contributed by atoms with E-state index in [0.29, 0.717) is 25.7 Å². The number of ether oxygens (including phenoxy) is 2. The van der Waals surface area contributed by atoms with Gasteiger partial charge in [-0.1, -0.05) is 41.5 Å². The fourth-order valence-corrected chi connectivity index (χ4v) is 4.90. The van der Waals surface area contributed by atoms with E-state index in [9.17, 15) is 9.59 Å². The van der Waals surface area contributed by atoms with Crippen LogP contribution in [0.2, 0.25) is 0 Å². The van der Waals surface area contributed by atoms with Gasteiger partial charge in [-0.25, -0.2) is 0 Å². The second kappa shape index (κ2) is 8.75. The maximum atomic E-state index is 12.6. The van der Waals surface area contributed by atoms with Gasteiger partial charge in [-0.05, 0) is 77.0 Å². The molecule has 0 spiro atoms. The maximum Gasteiger partial charge on any atom is 0.309 e. The summed E-state index contributed by atoms with van der Waals surface area (Å²) in [4.78, 5) is 25.2. The number of carbonyl (C=O) groups excluding carboxylic acids is 2. The predicted octanol–water partition coefficient (Wildman–Crippen LogP) is 6.31. The van der Waals surface area contributed by atoms with Gasteiger partial charge in [0, 0.05) is 0 Å². The maximum absolute atomic E-state index is 12.6. The Morgan fingerprint density at radius 3 is 1.07 bits per heavy atom. The van der Waals surface area contributed by atoms with E-state index in [1.54, 1.807) is 0 Å². The number of esters is 2. The molecule has 0 bridgehead atoms.